The van der Waals surface area contributed by atoms with Gasteiger partial charge in [0.15, 0.2) is 5.69 Å². The van der Waals surface area contributed by atoms with E-state index in [9.17, 15) is 0 Å². The fourth-order valence-electron chi connectivity index (χ4n) is 1.42. The maximum Gasteiger partial charge on any atom is 0.267 e. The molecule has 94 valence electrons. The SMILES string of the molecule is [Br-].[Br-].[NH3+]CCc1csc(-c2cccc(Cl)c2)[nH+]1. The molecule has 1 aromatic carbocycles. The molecule has 0 saturated heterocycles. The van der Waals surface area contributed by atoms with E-state index in [2.05, 4.69) is 22.2 Å². The summed E-state index contributed by atoms with van der Waals surface area (Å²) in [7, 11) is 0. The minimum atomic E-state index is 0. The van der Waals surface area contributed by atoms with Crippen molar-refractivity contribution >= 4 is 22.9 Å². The van der Waals surface area contributed by atoms with E-state index in [0.717, 1.165) is 28.6 Å². The molecule has 0 amide bonds. The van der Waals surface area contributed by atoms with Gasteiger partial charge in [0.25, 0.3) is 5.01 Å². The summed E-state index contributed by atoms with van der Waals surface area (Å²) >= 11 is 7.65. The standard InChI is InChI=1S/C11H11ClN2S.2BrH/c12-9-3-1-2-8(6-9)11-14-10(4-5-13)7-15-11;;/h1-3,6-7H,4-5,13H2;2*1H. The van der Waals surface area contributed by atoms with E-state index in [1.807, 2.05) is 18.2 Å². The maximum atomic E-state index is 5.94. The number of benzene rings is 1. The van der Waals surface area contributed by atoms with Gasteiger partial charge in [0.05, 0.1) is 23.9 Å². The van der Waals surface area contributed by atoms with Crippen LogP contribution in [0.25, 0.3) is 10.6 Å². The lowest BCUT2D eigenvalue weighted by Gasteiger charge is -1.91. The first-order valence-corrected chi connectivity index (χ1v) is 6.10. The molecule has 0 fully saturated rings. The lowest BCUT2D eigenvalue weighted by Crippen LogP contribution is -3.00. The zero-order chi connectivity index (χ0) is 10.7. The molecule has 0 atom stereocenters. The average Bonchev–Trinajstić information content (AvgIpc) is 2.67. The van der Waals surface area contributed by atoms with Crippen LogP contribution in [0.4, 0.5) is 0 Å². The van der Waals surface area contributed by atoms with Crippen LogP contribution in [0.3, 0.4) is 0 Å². The lowest BCUT2D eigenvalue weighted by atomic mass is 10.2. The Balaban J connectivity index is 0.00000128. The highest BCUT2D eigenvalue weighted by atomic mass is 79.9. The van der Waals surface area contributed by atoms with Gasteiger partial charge >= 0.3 is 0 Å². The molecule has 6 heteroatoms. The number of halogens is 3. The van der Waals surface area contributed by atoms with Crippen LogP contribution >= 0.6 is 22.9 Å². The summed E-state index contributed by atoms with van der Waals surface area (Å²) in [4.78, 5) is 3.38. The molecule has 2 aromatic rings. The van der Waals surface area contributed by atoms with Crippen molar-refractivity contribution < 1.29 is 44.7 Å². The summed E-state index contributed by atoms with van der Waals surface area (Å²) in [6.45, 7) is 0.919. The van der Waals surface area contributed by atoms with Crippen molar-refractivity contribution in [3.63, 3.8) is 0 Å². The molecule has 0 aliphatic rings. The minimum absolute atomic E-state index is 0. The van der Waals surface area contributed by atoms with Crippen molar-refractivity contribution in [1.82, 2.24) is 0 Å². The molecule has 1 aromatic heterocycles. The Kier molecular flexibility index (Phi) is 8.24. The maximum absolute atomic E-state index is 5.94. The second-order valence-corrected chi connectivity index (χ2v) is 4.65. The van der Waals surface area contributed by atoms with E-state index < -0.39 is 0 Å². The van der Waals surface area contributed by atoms with Gasteiger partial charge in [-0.3, -0.25) is 0 Å². The number of thiazole rings is 1. The molecule has 2 nitrogen and oxygen atoms in total. The number of nitrogens with one attached hydrogen (secondary N) is 1. The third-order valence-corrected chi connectivity index (χ3v) is 3.34. The number of quaternary nitrogens is 1. The number of hydrogen-bond acceptors (Lipinski definition) is 1. The second kappa shape index (κ2) is 8.21. The van der Waals surface area contributed by atoms with E-state index in [1.54, 1.807) is 11.3 Å². The molecule has 17 heavy (non-hydrogen) atoms. The van der Waals surface area contributed by atoms with Crippen LogP contribution in [-0.4, -0.2) is 6.54 Å². The second-order valence-electron chi connectivity index (χ2n) is 3.33. The van der Waals surface area contributed by atoms with E-state index >= 15 is 0 Å². The third-order valence-electron chi connectivity index (χ3n) is 2.13. The normalized spacial score (nSPS) is 9.29. The molecule has 0 radical (unpaired) electrons. The number of aromatic amines is 1. The summed E-state index contributed by atoms with van der Waals surface area (Å²) in [5, 5.41) is 4.07. The quantitative estimate of drug-likeness (QED) is 0.542. The Morgan fingerprint density at radius 1 is 1.29 bits per heavy atom. The Bertz CT molecular complexity index is 462. The molecule has 0 unspecified atom stereocenters. The van der Waals surface area contributed by atoms with Gasteiger partial charge in [0.2, 0.25) is 0 Å². The highest BCUT2D eigenvalue weighted by Crippen LogP contribution is 2.23. The van der Waals surface area contributed by atoms with E-state index in [-0.39, 0.29) is 34.0 Å². The Labute approximate surface area is 131 Å². The van der Waals surface area contributed by atoms with Crippen molar-refractivity contribution in [3.8, 4) is 10.6 Å². The summed E-state index contributed by atoms with van der Waals surface area (Å²) in [5.41, 5.74) is 6.22. The van der Waals surface area contributed by atoms with Crippen LogP contribution in [-0.2, 0) is 6.42 Å². The van der Waals surface area contributed by atoms with Crippen molar-refractivity contribution in [2.24, 2.45) is 0 Å². The monoisotopic (exact) mass is 398 g/mol. The molecular formula is C11H13Br2ClN2S. The van der Waals surface area contributed by atoms with Crippen LogP contribution in [0.1, 0.15) is 5.69 Å². The fraction of sp³-hybridized carbons (Fsp3) is 0.182. The van der Waals surface area contributed by atoms with Crippen LogP contribution in [0.15, 0.2) is 29.6 Å². The summed E-state index contributed by atoms with van der Waals surface area (Å²) in [5.74, 6) is 0. The molecule has 1 heterocycles. The highest BCUT2D eigenvalue weighted by Gasteiger charge is 2.11. The van der Waals surface area contributed by atoms with Gasteiger partial charge in [-0.2, -0.15) is 4.98 Å². The number of aromatic nitrogens is 1. The lowest BCUT2D eigenvalue weighted by molar-refractivity contribution is -0.394. The van der Waals surface area contributed by atoms with E-state index in [0.29, 0.717) is 0 Å². The smallest absolute Gasteiger partial charge is 0.267 e. The van der Waals surface area contributed by atoms with Crippen molar-refractivity contribution in [1.29, 1.82) is 0 Å². The van der Waals surface area contributed by atoms with Gasteiger partial charge in [0, 0.05) is 5.02 Å². The van der Waals surface area contributed by atoms with Gasteiger partial charge in [-0.15, -0.1) is 0 Å². The Morgan fingerprint density at radius 3 is 2.71 bits per heavy atom. The largest absolute Gasteiger partial charge is 1.00 e. The predicted octanol–water partition coefficient (Wildman–Crippen LogP) is -4.32. The first kappa shape index (κ1) is 17.1. The zero-order valence-electron chi connectivity index (χ0n) is 9.05. The highest BCUT2D eigenvalue weighted by molar-refractivity contribution is 7.12. The average molecular weight is 401 g/mol. The molecule has 0 aliphatic heterocycles. The molecule has 0 bridgehead atoms. The molecule has 0 spiro atoms. The van der Waals surface area contributed by atoms with Gasteiger partial charge in [-0.05, 0) is 18.2 Å². The van der Waals surface area contributed by atoms with Crippen LogP contribution in [0.2, 0.25) is 5.02 Å². The fourth-order valence-corrected chi connectivity index (χ4v) is 2.50. The topological polar surface area (TPSA) is 41.8 Å². The van der Waals surface area contributed by atoms with Crippen LogP contribution in [0, 0.1) is 0 Å². The first-order chi connectivity index (χ1) is 7.29. The zero-order valence-corrected chi connectivity index (χ0v) is 13.8. The predicted molar refractivity (Wildman–Crippen MR) is 62.8 cm³/mol. The number of H-pyrrole nitrogens is 1. The van der Waals surface area contributed by atoms with Crippen molar-refractivity contribution in [3.05, 3.63) is 40.4 Å². The van der Waals surface area contributed by atoms with Crippen molar-refractivity contribution in [2.75, 3.05) is 6.54 Å². The summed E-state index contributed by atoms with van der Waals surface area (Å²) in [6.07, 6.45) is 0.997. The molecular weight excluding hydrogens is 387 g/mol. The van der Waals surface area contributed by atoms with Crippen LogP contribution in [0.5, 0.6) is 0 Å². The summed E-state index contributed by atoms with van der Waals surface area (Å²) in [6, 6.07) is 7.88. The van der Waals surface area contributed by atoms with Gasteiger partial charge < -0.3 is 39.7 Å². The van der Waals surface area contributed by atoms with Gasteiger partial charge in [0.1, 0.15) is 0 Å². The van der Waals surface area contributed by atoms with Crippen molar-refractivity contribution in [2.45, 2.75) is 6.42 Å². The van der Waals surface area contributed by atoms with Gasteiger partial charge in [-0.25, -0.2) is 0 Å². The van der Waals surface area contributed by atoms with Gasteiger partial charge in [-0.1, -0.05) is 29.0 Å². The Hall–Kier alpha value is 0.0600. The third kappa shape index (κ3) is 4.67. The molecule has 0 aliphatic carbocycles. The minimum Gasteiger partial charge on any atom is -1.00 e. The summed E-state index contributed by atoms with van der Waals surface area (Å²) < 4.78 is 0. The number of hydrogen-bond donors (Lipinski definition) is 1. The van der Waals surface area contributed by atoms with Crippen LogP contribution < -0.4 is 44.7 Å². The Morgan fingerprint density at radius 2 is 2.06 bits per heavy atom. The molecule has 2 rings (SSSR count). The number of rotatable bonds is 3. The first-order valence-electron chi connectivity index (χ1n) is 4.84. The van der Waals surface area contributed by atoms with E-state index in [4.69, 9.17) is 11.6 Å². The van der Waals surface area contributed by atoms with E-state index in [1.165, 1.54) is 5.69 Å². The molecule has 4 N–H and O–H groups in total. The molecule has 0 saturated carbocycles.